The van der Waals surface area contributed by atoms with Gasteiger partial charge in [0.25, 0.3) is 0 Å². The monoisotopic (exact) mass is 553 g/mol. The predicted octanol–water partition coefficient (Wildman–Crippen LogP) is 3.02. The fraction of sp³-hybridized carbons (Fsp3) is 0.455. The third-order valence-corrected chi connectivity index (χ3v) is 7.64. The zero-order valence-corrected chi connectivity index (χ0v) is 22.3. The lowest BCUT2D eigenvalue weighted by atomic mass is 10.1. The van der Waals surface area contributed by atoms with Crippen molar-refractivity contribution < 1.29 is 27.9 Å². The van der Waals surface area contributed by atoms with E-state index in [-0.39, 0.29) is 30.2 Å². The van der Waals surface area contributed by atoms with Crippen LogP contribution in [0.25, 0.3) is 11.2 Å². The molecule has 1 saturated heterocycles. The number of alkyl halides is 1. The zero-order chi connectivity index (χ0) is 27.0. The van der Waals surface area contributed by atoms with Crippen LogP contribution in [0.3, 0.4) is 0 Å². The molecule has 0 spiro atoms. The van der Waals surface area contributed by atoms with Crippen LogP contribution in [0.2, 0.25) is 0 Å². The largest absolute Gasteiger partial charge is 0.462 e. The Kier molecular flexibility index (Phi) is 7.63. The maximum atomic E-state index is 14.0. The Labute approximate surface area is 218 Å². The molecule has 3 heterocycles. The van der Waals surface area contributed by atoms with Crippen LogP contribution in [-0.2, 0) is 23.4 Å². The van der Waals surface area contributed by atoms with E-state index in [1.165, 1.54) is 13.3 Å². The SMILES string of the molecule is CC(C)OC(=O)[C@@H](C)NP(=O)(Oc1ccccc1)O[C@@H]1CO[C@@H](n2cnc3c(N)nc(N)nc32)[C@]1(C)Cl. The van der Waals surface area contributed by atoms with Crippen LogP contribution in [0.4, 0.5) is 11.8 Å². The first-order chi connectivity index (χ1) is 17.4. The van der Waals surface area contributed by atoms with E-state index in [0.29, 0.717) is 11.2 Å². The molecule has 2 aromatic heterocycles. The number of para-hydroxylation sites is 1. The Morgan fingerprint density at radius 2 is 1.97 bits per heavy atom. The Hall–Kier alpha value is -2.96. The van der Waals surface area contributed by atoms with Crippen molar-refractivity contribution in [2.75, 3.05) is 18.1 Å². The topological polar surface area (TPSA) is 179 Å². The Balaban J connectivity index is 1.61. The fourth-order valence-electron chi connectivity index (χ4n) is 3.77. The van der Waals surface area contributed by atoms with Gasteiger partial charge in [-0.3, -0.25) is 13.9 Å². The van der Waals surface area contributed by atoms with Crippen molar-refractivity contribution in [1.82, 2.24) is 24.6 Å². The van der Waals surface area contributed by atoms with Gasteiger partial charge in [0.2, 0.25) is 5.95 Å². The number of anilines is 2. The molecular weight excluding hydrogens is 525 g/mol. The van der Waals surface area contributed by atoms with Gasteiger partial charge in [-0.2, -0.15) is 15.1 Å². The summed E-state index contributed by atoms with van der Waals surface area (Å²) < 4.78 is 38.4. The number of nitrogens with one attached hydrogen (secondary N) is 1. The minimum atomic E-state index is -4.20. The number of hydrogen-bond acceptors (Lipinski definition) is 11. The molecule has 1 aromatic carbocycles. The first-order valence-electron chi connectivity index (χ1n) is 11.5. The number of ether oxygens (including phenoxy) is 2. The first kappa shape index (κ1) is 27.1. The van der Waals surface area contributed by atoms with Crippen molar-refractivity contribution in [2.45, 2.75) is 57.0 Å². The van der Waals surface area contributed by atoms with Gasteiger partial charge in [-0.15, -0.1) is 11.6 Å². The molecule has 0 aliphatic carbocycles. The van der Waals surface area contributed by atoms with Crippen LogP contribution in [0, 0.1) is 0 Å². The average Bonchev–Trinajstić information content (AvgIpc) is 3.33. The van der Waals surface area contributed by atoms with Gasteiger partial charge in [0.05, 0.1) is 19.0 Å². The molecule has 0 bridgehead atoms. The van der Waals surface area contributed by atoms with Gasteiger partial charge in [0.15, 0.2) is 17.7 Å². The van der Waals surface area contributed by atoms with E-state index in [0.717, 1.165) is 0 Å². The van der Waals surface area contributed by atoms with E-state index >= 15 is 0 Å². The Bertz CT molecular complexity index is 1320. The average molecular weight is 554 g/mol. The van der Waals surface area contributed by atoms with Crippen LogP contribution in [0.1, 0.15) is 33.9 Å². The number of esters is 1. The number of carbonyl (C=O) groups is 1. The molecular formula is C22H29ClN7O6P. The summed E-state index contributed by atoms with van der Waals surface area (Å²) in [4.78, 5) is 23.5. The lowest BCUT2D eigenvalue weighted by Gasteiger charge is -2.31. The summed E-state index contributed by atoms with van der Waals surface area (Å²) >= 11 is 6.95. The molecule has 1 unspecified atom stereocenters. The highest BCUT2D eigenvalue weighted by molar-refractivity contribution is 7.52. The number of halogens is 1. The number of rotatable bonds is 9. The Morgan fingerprint density at radius 3 is 2.65 bits per heavy atom. The maximum Gasteiger partial charge on any atom is 0.459 e. The molecule has 5 N–H and O–H groups in total. The van der Waals surface area contributed by atoms with Gasteiger partial charge < -0.3 is 25.5 Å². The van der Waals surface area contributed by atoms with E-state index < -0.39 is 37.0 Å². The van der Waals surface area contributed by atoms with Crippen LogP contribution in [0.5, 0.6) is 5.75 Å². The second-order valence-electron chi connectivity index (χ2n) is 8.96. The van der Waals surface area contributed by atoms with Crippen molar-refractivity contribution in [3.8, 4) is 5.75 Å². The first-order valence-corrected chi connectivity index (χ1v) is 13.4. The number of nitrogen functional groups attached to an aromatic ring is 2. The number of fused-ring (bicyclic) bond motifs is 1. The van der Waals surface area contributed by atoms with Crippen molar-refractivity contribution in [1.29, 1.82) is 0 Å². The molecule has 3 aromatic rings. The molecule has 37 heavy (non-hydrogen) atoms. The number of carbonyl (C=O) groups excluding carboxylic acids is 1. The van der Waals surface area contributed by atoms with Gasteiger partial charge in [-0.25, -0.2) is 9.55 Å². The van der Waals surface area contributed by atoms with Crippen molar-refractivity contribution in [3.63, 3.8) is 0 Å². The summed E-state index contributed by atoms with van der Waals surface area (Å²) in [6.07, 6.45) is -0.723. The summed E-state index contributed by atoms with van der Waals surface area (Å²) in [6, 6.07) is 7.39. The molecule has 4 rings (SSSR count). The minimum Gasteiger partial charge on any atom is -0.462 e. The van der Waals surface area contributed by atoms with E-state index in [9.17, 15) is 9.36 Å². The molecule has 1 aliphatic heterocycles. The number of nitrogens with zero attached hydrogens (tertiary/aromatic N) is 4. The van der Waals surface area contributed by atoms with Crippen molar-refractivity contribution >= 4 is 48.2 Å². The smallest absolute Gasteiger partial charge is 0.459 e. The molecule has 13 nitrogen and oxygen atoms in total. The van der Waals surface area contributed by atoms with Gasteiger partial charge in [0.1, 0.15) is 28.3 Å². The van der Waals surface area contributed by atoms with Gasteiger partial charge >= 0.3 is 13.7 Å². The van der Waals surface area contributed by atoms with Crippen LogP contribution < -0.4 is 21.1 Å². The second-order valence-corrected chi connectivity index (χ2v) is 11.4. The highest BCUT2D eigenvalue weighted by atomic mass is 35.5. The van der Waals surface area contributed by atoms with Crippen LogP contribution in [0.15, 0.2) is 36.7 Å². The molecule has 1 aliphatic rings. The number of hydrogen-bond donors (Lipinski definition) is 3. The van der Waals surface area contributed by atoms with Crippen LogP contribution in [-0.4, -0.2) is 55.2 Å². The molecule has 5 atom stereocenters. The summed E-state index contributed by atoms with van der Waals surface area (Å²) in [5, 5.41) is 2.66. The fourth-order valence-corrected chi connectivity index (χ4v) is 5.86. The van der Waals surface area contributed by atoms with Gasteiger partial charge in [0, 0.05) is 0 Å². The van der Waals surface area contributed by atoms with Crippen LogP contribution >= 0.6 is 19.3 Å². The molecule has 0 amide bonds. The molecule has 0 radical (unpaired) electrons. The molecule has 1 fully saturated rings. The summed E-state index contributed by atoms with van der Waals surface area (Å²) in [6.45, 7) is 6.51. The summed E-state index contributed by atoms with van der Waals surface area (Å²) in [5.41, 5.74) is 12.3. The number of aromatic nitrogens is 4. The van der Waals surface area contributed by atoms with E-state index in [2.05, 4.69) is 20.0 Å². The van der Waals surface area contributed by atoms with Crippen molar-refractivity contribution in [3.05, 3.63) is 36.7 Å². The number of imidazole rings is 1. The quantitative estimate of drug-likeness (QED) is 0.200. The van der Waals surface area contributed by atoms with Crippen molar-refractivity contribution in [2.24, 2.45) is 0 Å². The zero-order valence-electron chi connectivity index (χ0n) is 20.7. The highest BCUT2D eigenvalue weighted by Crippen LogP contribution is 2.52. The molecule has 200 valence electrons. The summed E-state index contributed by atoms with van der Waals surface area (Å²) in [7, 11) is -4.20. The minimum absolute atomic E-state index is 0.0407. The Morgan fingerprint density at radius 1 is 1.27 bits per heavy atom. The van der Waals surface area contributed by atoms with Gasteiger partial charge in [-0.05, 0) is 39.8 Å². The lowest BCUT2D eigenvalue weighted by molar-refractivity contribution is -0.149. The van der Waals surface area contributed by atoms with E-state index in [4.69, 9.17) is 41.6 Å². The van der Waals surface area contributed by atoms with Gasteiger partial charge in [-0.1, -0.05) is 18.2 Å². The highest BCUT2D eigenvalue weighted by Gasteiger charge is 2.53. The molecule has 0 saturated carbocycles. The van der Waals surface area contributed by atoms with E-state index in [1.807, 2.05) is 0 Å². The maximum absolute atomic E-state index is 14.0. The third-order valence-electron chi connectivity index (χ3n) is 5.53. The third kappa shape index (κ3) is 5.81. The standard InChI is InChI=1S/C22H29ClN7O6P/c1-12(2)34-19(31)13(3)29-37(32,35-14-8-6-5-7-9-14)36-15-10-33-20(22(15,4)23)30-11-26-16-17(24)27-21(25)28-18(16)30/h5-9,11-13,15,20H,10H2,1-4H3,(H,29,32)(H4,24,25,27,28)/t13-,15-,20-,22-,37?/m1/s1. The lowest BCUT2D eigenvalue weighted by Crippen LogP contribution is -2.41. The molecule has 15 heteroatoms. The van der Waals surface area contributed by atoms with E-state index in [1.54, 1.807) is 55.7 Å². The predicted molar refractivity (Wildman–Crippen MR) is 137 cm³/mol. The second kappa shape index (κ2) is 10.4. The number of nitrogens with two attached hydrogens (primary N) is 2. The normalized spacial score (nSPS) is 24.2. The summed E-state index contributed by atoms with van der Waals surface area (Å²) in [5.74, 6) is -0.293. The number of benzene rings is 1.